The minimum atomic E-state index is -0.808. The van der Waals surface area contributed by atoms with Gasteiger partial charge in [0, 0.05) is 36.0 Å². The average Bonchev–Trinajstić information content (AvgIpc) is 2.63. The van der Waals surface area contributed by atoms with Gasteiger partial charge in [0.2, 0.25) is 0 Å². The van der Waals surface area contributed by atoms with E-state index < -0.39 is 11.5 Å². The number of pyridine rings is 1. The van der Waals surface area contributed by atoms with Crippen LogP contribution in [0.15, 0.2) is 27.5 Å². The van der Waals surface area contributed by atoms with E-state index in [1.54, 1.807) is 25.1 Å². The summed E-state index contributed by atoms with van der Waals surface area (Å²) >= 11 is 3.37. The number of hydrogen-bond donors (Lipinski definition) is 1. The number of rotatable bonds is 5. The molecule has 0 saturated carbocycles. The van der Waals surface area contributed by atoms with Crippen LogP contribution in [0.2, 0.25) is 0 Å². The van der Waals surface area contributed by atoms with Gasteiger partial charge in [0.25, 0.3) is 5.56 Å². The largest absolute Gasteiger partial charge is 0.506 e. The number of nitrogens with zero attached hydrogens (tertiary/aromatic N) is 2. The van der Waals surface area contributed by atoms with Crippen LogP contribution >= 0.6 is 15.9 Å². The maximum atomic E-state index is 12.9. The molecule has 1 aromatic heterocycles. The maximum absolute atomic E-state index is 12.9. The molecule has 0 bridgehead atoms. The number of carbonyl (C=O) groups excluding carboxylic acids is 1. The van der Waals surface area contributed by atoms with Crippen LogP contribution < -0.4 is 5.56 Å². The Morgan fingerprint density at radius 3 is 2.73 bits per heavy atom. The first-order chi connectivity index (χ1) is 12.5. The summed E-state index contributed by atoms with van der Waals surface area (Å²) in [5.41, 5.74) is -0.277. The molecule has 140 valence electrons. The number of ether oxygens (including phenoxy) is 2. The van der Waals surface area contributed by atoms with Crippen molar-refractivity contribution in [1.82, 2.24) is 9.47 Å². The van der Waals surface area contributed by atoms with Crippen molar-refractivity contribution in [2.45, 2.75) is 13.5 Å². The highest BCUT2D eigenvalue weighted by atomic mass is 79.9. The van der Waals surface area contributed by atoms with E-state index in [4.69, 9.17) is 9.47 Å². The van der Waals surface area contributed by atoms with Gasteiger partial charge in [-0.05, 0) is 25.1 Å². The van der Waals surface area contributed by atoms with Crippen molar-refractivity contribution in [2.24, 2.45) is 0 Å². The van der Waals surface area contributed by atoms with E-state index in [-0.39, 0.29) is 17.9 Å². The van der Waals surface area contributed by atoms with Crippen LogP contribution in [-0.4, -0.2) is 60.0 Å². The predicted molar refractivity (Wildman–Crippen MR) is 101 cm³/mol. The summed E-state index contributed by atoms with van der Waals surface area (Å²) in [6.45, 7) is 5.80. The van der Waals surface area contributed by atoms with Gasteiger partial charge in [-0.2, -0.15) is 0 Å². The van der Waals surface area contributed by atoms with Gasteiger partial charge in [0.1, 0.15) is 5.75 Å². The molecule has 1 saturated heterocycles. The van der Waals surface area contributed by atoms with E-state index in [1.165, 1.54) is 4.57 Å². The zero-order valence-electron chi connectivity index (χ0n) is 14.5. The number of esters is 1. The summed E-state index contributed by atoms with van der Waals surface area (Å²) in [4.78, 5) is 27.4. The van der Waals surface area contributed by atoms with E-state index in [2.05, 4.69) is 20.8 Å². The lowest BCUT2D eigenvalue weighted by Gasteiger charge is -2.27. The van der Waals surface area contributed by atoms with E-state index in [0.29, 0.717) is 37.2 Å². The fourth-order valence-electron chi connectivity index (χ4n) is 3.09. The number of halogens is 1. The molecular formula is C18H21BrN2O5. The molecule has 1 aliphatic heterocycles. The summed E-state index contributed by atoms with van der Waals surface area (Å²) in [5.74, 6) is -1.15. The molecule has 0 amide bonds. The first-order valence-electron chi connectivity index (χ1n) is 8.55. The number of aromatic hydroxyl groups is 1. The Labute approximate surface area is 159 Å². The van der Waals surface area contributed by atoms with Crippen LogP contribution in [-0.2, 0) is 16.0 Å². The Kier molecular flexibility index (Phi) is 5.95. The van der Waals surface area contributed by atoms with Crippen molar-refractivity contribution in [3.8, 4) is 5.75 Å². The summed E-state index contributed by atoms with van der Waals surface area (Å²) in [5, 5.41) is 11.0. The van der Waals surface area contributed by atoms with E-state index in [9.17, 15) is 14.7 Å². The fourth-order valence-corrected chi connectivity index (χ4v) is 3.45. The molecule has 0 unspecified atom stereocenters. The number of carbonyl (C=O) groups is 1. The highest BCUT2D eigenvalue weighted by Gasteiger charge is 2.24. The Bertz CT molecular complexity index is 874. The second-order valence-electron chi connectivity index (χ2n) is 6.02. The predicted octanol–water partition coefficient (Wildman–Crippen LogP) is 1.98. The van der Waals surface area contributed by atoms with Crippen molar-refractivity contribution < 1.29 is 19.4 Å². The molecule has 0 radical (unpaired) electrons. The lowest BCUT2D eigenvalue weighted by atomic mass is 10.1. The molecule has 0 spiro atoms. The smallest absolute Gasteiger partial charge is 0.347 e. The van der Waals surface area contributed by atoms with Crippen molar-refractivity contribution >= 4 is 32.8 Å². The van der Waals surface area contributed by atoms with Crippen molar-refractivity contribution in [2.75, 3.05) is 39.5 Å². The average molecular weight is 425 g/mol. The Hall–Kier alpha value is -1.90. The number of aromatic nitrogens is 1. The van der Waals surface area contributed by atoms with Gasteiger partial charge >= 0.3 is 5.97 Å². The van der Waals surface area contributed by atoms with E-state index in [0.717, 1.165) is 17.6 Å². The normalized spacial score (nSPS) is 15.3. The molecule has 1 N–H and O–H groups in total. The minimum absolute atomic E-state index is 0.127. The van der Waals surface area contributed by atoms with Crippen LogP contribution in [0, 0.1) is 0 Å². The van der Waals surface area contributed by atoms with E-state index >= 15 is 0 Å². The maximum Gasteiger partial charge on any atom is 0.347 e. The second kappa shape index (κ2) is 8.20. The second-order valence-corrected chi connectivity index (χ2v) is 6.93. The number of benzene rings is 1. The highest BCUT2D eigenvalue weighted by molar-refractivity contribution is 9.10. The third kappa shape index (κ3) is 3.77. The van der Waals surface area contributed by atoms with Crippen molar-refractivity contribution in [1.29, 1.82) is 0 Å². The van der Waals surface area contributed by atoms with Crippen molar-refractivity contribution in [3.63, 3.8) is 0 Å². The van der Waals surface area contributed by atoms with Gasteiger partial charge in [0.05, 0.1) is 25.3 Å². The van der Waals surface area contributed by atoms with Gasteiger partial charge in [-0.15, -0.1) is 0 Å². The van der Waals surface area contributed by atoms with Crippen LogP contribution in [0.5, 0.6) is 5.75 Å². The van der Waals surface area contributed by atoms with Crippen LogP contribution in [0.4, 0.5) is 0 Å². The molecule has 1 aliphatic rings. The van der Waals surface area contributed by atoms with Crippen LogP contribution in [0.1, 0.15) is 17.3 Å². The van der Waals surface area contributed by atoms with Crippen LogP contribution in [0.3, 0.4) is 0 Å². The SMILES string of the molecule is CCOC(=O)c1c(O)c2cc(Br)ccc2n(CCN2CCOCC2)c1=O. The topological polar surface area (TPSA) is 81.0 Å². The summed E-state index contributed by atoms with van der Waals surface area (Å²) in [6.07, 6.45) is 0. The molecular weight excluding hydrogens is 404 g/mol. The third-order valence-corrected chi connectivity index (χ3v) is 4.92. The summed E-state index contributed by atoms with van der Waals surface area (Å²) in [6, 6.07) is 5.25. The van der Waals surface area contributed by atoms with Gasteiger partial charge in [-0.25, -0.2) is 4.79 Å². The third-order valence-electron chi connectivity index (χ3n) is 4.42. The molecule has 0 aliphatic carbocycles. The molecule has 1 aromatic carbocycles. The zero-order chi connectivity index (χ0) is 18.7. The fraction of sp³-hybridized carbons (Fsp3) is 0.444. The highest BCUT2D eigenvalue weighted by Crippen LogP contribution is 2.29. The monoisotopic (exact) mass is 424 g/mol. The summed E-state index contributed by atoms with van der Waals surface area (Å²) in [7, 11) is 0. The number of hydrogen-bond acceptors (Lipinski definition) is 6. The number of fused-ring (bicyclic) bond motifs is 1. The van der Waals surface area contributed by atoms with Crippen molar-refractivity contribution in [3.05, 3.63) is 38.6 Å². The molecule has 0 atom stereocenters. The summed E-state index contributed by atoms with van der Waals surface area (Å²) < 4.78 is 12.6. The number of morpholine rings is 1. The lowest BCUT2D eigenvalue weighted by molar-refractivity contribution is 0.0364. The molecule has 2 aromatic rings. The Morgan fingerprint density at radius 2 is 2.04 bits per heavy atom. The minimum Gasteiger partial charge on any atom is -0.506 e. The van der Waals surface area contributed by atoms with Gasteiger partial charge in [-0.1, -0.05) is 15.9 Å². The lowest BCUT2D eigenvalue weighted by Crippen LogP contribution is -2.40. The molecule has 2 heterocycles. The van der Waals surface area contributed by atoms with Gasteiger partial charge in [-0.3, -0.25) is 9.69 Å². The zero-order valence-corrected chi connectivity index (χ0v) is 16.1. The Balaban J connectivity index is 2.07. The molecule has 1 fully saturated rings. The van der Waals surface area contributed by atoms with Gasteiger partial charge in [0.15, 0.2) is 5.56 Å². The molecule has 3 rings (SSSR count). The Morgan fingerprint density at radius 1 is 1.31 bits per heavy atom. The first kappa shape index (κ1) is 18.9. The van der Waals surface area contributed by atoms with Crippen LogP contribution in [0.25, 0.3) is 10.9 Å². The molecule has 26 heavy (non-hydrogen) atoms. The quantitative estimate of drug-likeness (QED) is 0.739. The van der Waals surface area contributed by atoms with E-state index in [1.807, 2.05) is 0 Å². The molecule has 7 nitrogen and oxygen atoms in total. The standard InChI is InChI=1S/C18H21BrN2O5/c1-2-26-18(24)15-16(22)13-11-12(19)3-4-14(13)21(17(15)23)6-5-20-7-9-25-10-8-20/h3-4,11,22H,2,5-10H2,1H3. The van der Waals surface area contributed by atoms with Gasteiger partial charge < -0.3 is 19.1 Å². The molecule has 8 heteroatoms. The first-order valence-corrected chi connectivity index (χ1v) is 9.34.